The van der Waals surface area contributed by atoms with Crippen molar-refractivity contribution in [2.45, 2.75) is 44.2 Å². The molecule has 1 aromatic carbocycles. The first-order valence-corrected chi connectivity index (χ1v) is 8.30. The van der Waals surface area contributed by atoms with E-state index in [2.05, 4.69) is 19.2 Å². The molecule has 0 aliphatic rings. The predicted molar refractivity (Wildman–Crippen MR) is 79.7 cm³/mol. The maximum absolute atomic E-state index is 11.2. The van der Waals surface area contributed by atoms with Gasteiger partial charge in [-0.1, -0.05) is 26.0 Å². The summed E-state index contributed by atoms with van der Waals surface area (Å²) < 4.78 is 22.4. The van der Waals surface area contributed by atoms with Gasteiger partial charge in [0.25, 0.3) is 0 Å². The summed E-state index contributed by atoms with van der Waals surface area (Å²) in [5.74, 6) is 0.410. The monoisotopic (exact) mass is 300 g/mol. The lowest BCUT2D eigenvalue weighted by atomic mass is 9.99. The van der Waals surface area contributed by atoms with Crippen molar-refractivity contribution in [3.8, 4) is 0 Å². The Bertz CT molecular complexity index is 512. The molecule has 0 spiro atoms. The second kappa shape index (κ2) is 7.17. The van der Waals surface area contributed by atoms with Crippen LogP contribution in [0.1, 0.15) is 38.8 Å². The van der Waals surface area contributed by atoms with Crippen molar-refractivity contribution in [1.82, 2.24) is 5.32 Å². The Balaban J connectivity index is 2.79. The second-order valence-electron chi connectivity index (χ2n) is 5.37. The van der Waals surface area contributed by atoms with Crippen LogP contribution in [0.2, 0.25) is 0 Å². The Kier molecular flexibility index (Phi) is 6.13. The third kappa shape index (κ3) is 4.86. The van der Waals surface area contributed by atoms with Crippen LogP contribution in [0.3, 0.4) is 0 Å². The molecule has 0 amide bonds. The highest BCUT2D eigenvalue weighted by molar-refractivity contribution is 7.89. The van der Waals surface area contributed by atoms with Crippen LogP contribution in [0.4, 0.5) is 0 Å². The third-order valence-electron chi connectivity index (χ3n) is 3.42. The summed E-state index contributed by atoms with van der Waals surface area (Å²) >= 11 is 0. The largest absolute Gasteiger partial charge is 0.396 e. The maximum atomic E-state index is 11.2. The first kappa shape index (κ1) is 17.1. The molecule has 0 aliphatic heterocycles. The van der Waals surface area contributed by atoms with E-state index >= 15 is 0 Å². The molecule has 4 N–H and O–H groups in total. The van der Waals surface area contributed by atoms with Crippen molar-refractivity contribution in [2.75, 3.05) is 6.61 Å². The predicted octanol–water partition coefficient (Wildman–Crippen LogP) is 1.39. The molecule has 2 unspecified atom stereocenters. The van der Waals surface area contributed by atoms with Gasteiger partial charge in [0.05, 0.1) is 4.90 Å². The molecule has 0 heterocycles. The van der Waals surface area contributed by atoms with Crippen molar-refractivity contribution in [1.29, 1.82) is 0 Å². The van der Waals surface area contributed by atoms with E-state index in [1.165, 1.54) is 12.1 Å². The van der Waals surface area contributed by atoms with Crippen molar-refractivity contribution in [3.63, 3.8) is 0 Å². The molecule has 2 atom stereocenters. The van der Waals surface area contributed by atoms with Gasteiger partial charge in [0.2, 0.25) is 10.0 Å². The molecule has 0 bridgehead atoms. The van der Waals surface area contributed by atoms with Gasteiger partial charge in [0, 0.05) is 18.7 Å². The van der Waals surface area contributed by atoms with Gasteiger partial charge >= 0.3 is 0 Å². The van der Waals surface area contributed by atoms with Gasteiger partial charge in [-0.05, 0) is 37.0 Å². The number of hydrogen-bond acceptors (Lipinski definition) is 4. The van der Waals surface area contributed by atoms with Crippen LogP contribution in [0.25, 0.3) is 0 Å². The van der Waals surface area contributed by atoms with Crippen molar-refractivity contribution < 1.29 is 13.5 Å². The van der Waals surface area contributed by atoms with Crippen molar-refractivity contribution in [2.24, 2.45) is 11.1 Å². The van der Waals surface area contributed by atoms with Gasteiger partial charge in [-0.3, -0.25) is 0 Å². The molecule has 6 heteroatoms. The Morgan fingerprint density at radius 3 is 2.15 bits per heavy atom. The molecule has 0 saturated heterocycles. The average Bonchev–Trinajstić information content (AvgIpc) is 2.37. The molecular formula is C14H24N2O3S. The topological polar surface area (TPSA) is 92.4 Å². The van der Waals surface area contributed by atoms with E-state index < -0.39 is 10.0 Å². The summed E-state index contributed by atoms with van der Waals surface area (Å²) in [5, 5.41) is 17.6. The molecule has 20 heavy (non-hydrogen) atoms. The number of aliphatic hydroxyl groups excluding tert-OH is 1. The standard InChI is InChI=1S/C14H24N2O3S/c1-10(2)14(8-9-17)16-11(3)12-4-6-13(7-5-12)20(15,18)19/h4-7,10-11,14,16-17H,8-9H2,1-3H3,(H2,15,18,19). The summed E-state index contributed by atoms with van der Waals surface area (Å²) in [4.78, 5) is 0.115. The van der Waals surface area contributed by atoms with Crippen LogP contribution in [-0.2, 0) is 10.0 Å². The minimum Gasteiger partial charge on any atom is -0.396 e. The fourth-order valence-corrected chi connectivity index (χ4v) is 2.63. The molecular weight excluding hydrogens is 276 g/mol. The Morgan fingerprint density at radius 2 is 1.75 bits per heavy atom. The summed E-state index contributed by atoms with van der Waals surface area (Å²) in [5.41, 5.74) is 0.987. The Hall–Kier alpha value is -0.950. The third-order valence-corrected chi connectivity index (χ3v) is 4.35. The highest BCUT2D eigenvalue weighted by Crippen LogP contribution is 2.18. The fourth-order valence-electron chi connectivity index (χ4n) is 2.11. The summed E-state index contributed by atoms with van der Waals surface area (Å²) in [6.07, 6.45) is 0.692. The van der Waals surface area contributed by atoms with Gasteiger partial charge in [0.15, 0.2) is 0 Å². The number of hydrogen-bond donors (Lipinski definition) is 3. The van der Waals surface area contributed by atoms with E-state index in [9.17, 15) is 8.42 Å². The zero-order valence-electron chi connectivity index (χ0n) is 12.2. The average molecular weight is 300 g/mol. The van der Waals surface area contributed by atoms with Gasteiger partial charge in [-0.25, -0.2) is 13.6 Å². The number of primary sulfonamides is 1. The van der Waals surface area contributed by atoms with Gasteiger partial charge in [-0.2, -0.15) is 0 Å². The molecule has 0 aliphatic carbocycles. The first-order chi connectivity index (χ1) is 9.25. The van der Waals surface area contributed by atoms with E-state index in [1.54, 1.807) is 12.1 Å². The number of nitrogens with two attached hydrogens (primary N) is 1. The SMILES string of the molecule is CC(NC(CCO)C(C)C)c1ccc(S(N)(=O)=O)cc1. The van der Waals surface area contributed by atoms with Crippen molar-refractivity contribution in [3.05, 3.63) is 29.8 Å². The zero-order chi connectivity index (χ0) is 15.3. The molecule has 1 rings (SSSR count). The number of rotatable bonds is 7. The lowest BCUT2D eigenvalue weighted by molar-refractivity contribution is 0.237. The zero-order valence-corrected chi connectivity index (χ0v) is 13.0. The molecule has 5 nitrogen and oxygen atoms in total. The van der Waals surface area contributed by atoms with E-state index in [0.717, 1.165) is 5.56 Å². The molecule has 0 aromatic heterocycles. The lowest BCUT2D eigenvalue weighted by Gasteiger charge is -2.26. The Labute approximate surface area is 121 Å². The van der Waals surface area contributed by atoms with Crippen LogP contribution in [0, 0.1) is 5.92 Å². The van der Waals surface area contributed by atoms with Crippen LogP contribution in [0.15, 0.2) is 29.2 Å². The van der Waals surface area contributed by atoms with Crippen LogP contribution in [-0.4, -0.2) is 26.2 Å². The first-order valence-electron chi connectivity index (χ1n) is 6.75. The van der Waals surface area contributed by atoms with Crippen LogP contribution >= 0.6 is 0 Å². The lowest BCUT2D eigenvalue weighted by Crippen LogP contribution is -2.36. The summed E-state index contributed by atoms with van der Waals surface area (Å²) in [6.45, 7) is 6.36. The molecule has 0 saturated carbocycles. The summed E-state index contributed by atoms with van der Waals surface area (Å²) in [6, 6.07) is 6.83. The number of aliphatic hydroxyl groups is 1. The molecule has 114 valence electrons. The quantitative estimate of drug-likeness (QED) is 0.709. The van der Waals surface area contributed by atoms with Crippen molar-refractivity contribution >= 4 is 10.0 Å². The van der Waals surface area contributed by atoms with E-state index in [-0.39, 0.29) is 23.6 Å². The van der Waals surface area contributed by atoms with E-state index in [4.69, 9.17) is 10.2 Å². The van der Waals surface area contributed by atoms with E-state index in [0.29, 0.717) is 12.3 Å². The van der Waals surface area contributed by atoms with E-state index in [1.807, 2.05) is 6.92 Å². The molecule has 0 fully saturated rings. The number of nitrogens with one attached hydrogen (secondary N) is 1. The van der Waals surface area contributed by atoms with Crippen LogP contribution < -0.4 is 10.5 Å². The minimum atomic E-state index is -3.64. The normalized spacial score (nSPS) is 15.3. The van der Waals surface area contributed by atoms with Gasteiger partial charge in [-0.15, -0.1) is 0 Å². The second-order valence-corrected chi connectivity index (χ2v) is 6.93. The number of sulfonamides is 1. The smallest absolute Gasteiger partial charge is 0.238 e. The minimum absolute atomic E-state index is 0.0727. The van der Waals surface area contributed by atoms with Gasteiger partial charge < -0.3 is 10.4 Å². The molecule has 0 radical (unpaired) electrons. The summed E-state index contributed by atoms with van der Waals surface area (Å²) in [7, 11) is -3.64. The molecule has 1 aromatic rings. The van der Waals surface area contributed by atoms with Crippen LogP contribution in [0.5, 0.6) is 0 Å². The maximum Gasteiger partial charge on any atom is 0.238 e. The Morgan fingerprint density at radius 1 is 1.20 bits per heavy atom. The highest BCUT2D eigenvalue weighted by atomic mass is 32.2. The highest BCUT2D eigenvalue weighted by Gasteiger charge is 2.16. The number of benzene rings is 1. The van der Waals surface area contributed by atoms with Gasteiger partial charge in [0.1, 0.15) is 0 Å². The fraction of sp³-hybridized carbons (Fsp3) is 0.571.